The van der Waals surface area contributed by atoms with Crippen LogP contribution in [0.2, 0.25) is 0 Å². The summed E-state index contributed by atoms with van der Waals surface area (Å²) in [6.45, 7) is 2.14. The molecule has 0 radical (unpaired) electrons. The lowest BCUT2D eigenvalue weighted by Crippen LogP contribution is -2.42. The lowest BCUT2D eigenvalue weighted by Gasteiger charge is -2.23. The molecule has 1 saturated carbocycles. The molecule has 1 saturated heterocycles. The number of aromatic nitrogens is 4. The van der Waals surface area contributed by atoms with Crippen LogP contribution in [-0.4, -0.2) is 79.8 Å². The fourth-order valence-electron chi connectivity index (χ4n) is 4.78. The molecule has 36 heavy (non-hydrogen) atoms. The van der Waals surface area contributed by atoms with Gasteiger partial charge < -0.3 is 35.1 Å². The van der Waals surface area contributed by atoms with Crippen LogP contribution < -0.4 is 20.1 Å². The van der Waals surface area contributed by atoms with E-state index in [9.17, 15) is 15.0 Å². The number of rotatable bonds is 8. The van der Waals surface area contributed by atoms with Crippen molar-refractivity contribution in [3.63, 3.8) is 0 Å². The molecule has 2 aromatic heterocycles. The second-order valence-corrected chi connectivity index (χ2v) is 8.89. The normalized spacial score (nSPS) is 27.8. The number of methoxy groups -OCH3 is 1. The topological polar surface area (TPSA) is 153 Å². The van der Waals surface area contributed by atoms with Crippen molar-refractivity contribution >= 4 is 22.9 Å². The van der Waals surface area contributed by atoms with Gasteiger partial charge in [-0.2, -0.15) is 0 Å². The van der Waals surface area contributed by atoms with E-state index in [0.29, 0.717) is 23.5 Å². The van der Waals surface area contributed by atoms with Crippen LogP contribution in [0.25, 0.3) is 11.2 Å². The van der Waals surface area contributed by atoms with Crippen LogP contribution in [0.4, 0.5) is 5.82 Å². The number of fused-ring (bicyclic) bond motifs is 1. The molecule has 192 valence electrons. The summed E-state index contributed by atoms with van der Waals surface area (Å²) >= 11 is 0. The summed E-state index contributed by atoms with van der Waals surface area (Å²) in [4.78, 5) is 25.4. The van der Waals surface area contributed by atoms with E-state index in [-0.39, 0.29) is 12.1 Å². The zero-order chi connectivity index (χ0) is 25.2. The van der Waals surface area contributed by atoms with Crippen molar-refractivity contribution in [3.8, 4) is 11.5 Å². The van der Waals surface area contributed by atoms with Crippen molar-refractivity contribution in [1.82, 2.24) is 24.8 Å². The highest BCUT2D eigenvalue weighted by atomic mass is 16.6. The molecular weight excluding hydrogens is 468 g/mol. The molecule has 2 fully saturated rings. The smallest absolute Gasteiger partial charge is 0.252 e. The quantitative estimate of drug-likeness (QED) is 0.354. The van der Waals surface area contributed by atoms with Crippen molar-refractivity contribution < 1.29 is 29.2 Å². The SMILES string of the molecule is CCNC(=O)[C@H]1O[C@@H](n2cnc3c(N[C@@H]4CCC[C@H]4Oc4cccc(OC)c4)ncnc32)[C@H](O)[C@@H]1O. The molecule has 12 nitrogen and oxygen atoms in total. The molecule has 0 bridgehead atoms. The number of anilines is 1. The van der Waals surface area contributed by atoms with Crippen LogP contribution in [-0.2, 0) is 9.53 Å². The largest absolute Gasteiger partial charge is 0.497 e. The number of aliphatic hydroxyl groups excluding tert-OH is 2. The number of carbonyl (C=O) groups is 1. The van der Waals surface area contributed by atoms with E-state index in [2.05, 4.69) is 25.6 Å². The van der Waals surface area contributed by atoms with E-state index in [1.807, 2.05) is 24.3 Å². The third kappa shape index (κ3) is 4.54. The lowest BCUT2D eigenvalue weighted by atomic mass is 10.1. The fourth-order valence-corrected chi connectivity index (χ4v) is 4.78. The molecule has 0 spiro atoms. The first-order valence-corrected chi connectivity index (χ1v) is 12.0. The number of nitrogens with zero attached hydrogens (tertiary/aromatic N) is 4. The number of hydrogen-bond donors (Lipinski definition) is 4. The molecule has 3 heterocycles. The van der Waals surface area contributed by atoms with Gasteiger partial charge in [0, 0.05) is 12.6 Å². The van der Waals surface area contributed by atoms with Crippen molar-refractivity contribution in [2.75, 3.05) is 19.0 Å². The van der Waals surface area contributed by atoms with Crippen molar-refractivity contribution in [3.05, 3.63) is 36.9 Å². The molecule has 1 aliphatic heterocycles. The van der Waals surface area contributed by atoms with Gasteiger partial charge in [-0.05, 0) is 38.3 Å². The summed E-state index contributed by atoms with van der Waals surface area (Å²) in [5.74, 6) is 1.50. The van der Waals surface area contributed by atoms with Gasteiger partial charge in [0.1, 0.15) is 36.1 Å². The van der Waals surface area contributed by atoms with Crippen LogP contribution in [0, 0.1) is 0 Å². The van der Waals surface area contributed by atoms with Crippen LogP contribution >= 0.6 is 0 Å². The van der Waals surface area contributed by atoms with Gasteiger partial charge in [-0.1, -0.05) is 6.07 Å². The van der Waals surface area contributed by atoms with Gasteiger partial charge in [-0.3, -0.25) is 9.36 Å². The number of aliphatic hydroxyl groups is 2. The minimum Gasteiger partial charge on any atom is -0.497 e. The lowest BCUT2D eigenvalue weighted by molar-refractivity contribution is -0.137. The van der Waals surface area contributed by atoms with Gasteiger partial charge in [0.05, 0.1) is 19.5 Å². The third-order valence-corrected chi connectivity index (χ3v) is 6.58. The molecular formula is C24H30N6O6. The number of carbonyl (C=O) groups excluding carboxylic acids is 1. The van der Waals surface area contributed by atoms with Gasteiger partial charge >= 0.3 is 0 Å². The molecule has 12 heteroatoms. The number of ether oxygens (including phenoxy) is 3. The zero-order valence-electron chi connectivity index (χ0n) is 20.1. The van der Waals surface area contributed by atoms with Gasteiger partial charge in [-0.15, -0.1) is 0 Å². The minimum absolute atomic E-state index is 0.00304. The number of imidazole rings is 1. The predicted octanol–water partition coefficient (Wildman–Crippen LogP) is 1.00. The number of nitrogens with one attached hydrogen (secondary N) is 2. The first-order valence-electron chi connectivity index (χ1n) is 12.0. The summed E-state index contributed by atoms with van der Waals surface area (Å²) < 4.78 is 18.8. The maximum absolute atomic E-state index is 12.2. The molecule has 3 aromatic rings. The predicted molar refractivity (Wildman–Crippen MR) is 129 cm³/mol. The summed E-state index contributed by atoms with van der Waals surface area (Å²) in [6, 6.07) is 7.51. The molecule has 1 aromatic carbocycles. The molecule has 2 aliphatic rings. The Morgan fingerprint density at radius 2 is 2.03 bits per heavy atom. The monoisotopic (exact) mass is 498 g/mol. The Balaban J connectivity index is 1.35. The van der Waals surface area contributed by atoms with Crippen molar-refractivity contribution in [2.24, 2.45) is 0 Å². The van der Waals surface area contributed by atoms with Gasteiger partial charge in [0.25, 0.3) is 5.91 Å². The molecule has 6 atom stereocenters. The first-order chi connectivity index (χ1) is 17.5. The number of hydrogen-bond acceptors (Lipinski definition) is 10. The number of likely N-dealkylation sites (N-methyl/N-ethyl adjacent to an activating group) is 1. The third-order valence-electron chi connectivity index (χ3n) is 6.58. The highest BCUT2D eigenvalue weighted by Crippen LogP contribution is 2.34. The van der Waals surface area contributed by atoms with Crippen LogP contribution in [0.15, 0.2) is 36.9 Å². The summed E-state index contributed by atoms with van der Waals surface area (Å²) in [6.07, 6.45) is 0.616. The Hall–Kier alpha value is -3.48. The Labute approximate surface area is 207 Å². The highest BCUT2D eigenvalue weighted by Gasteiger charge is 2.47. The summed E-state index contributed by atoms with van der Waals surface area (Å²) in [5.41, 5.74) is 0.889. The van der Waals surface area contributed by atoms with Crippen molar-refractivity contribution in [2.45, 2.75) is 62.9 Å². The fraction of sp³-hybridized carbons (Fsp3) is 0.500. The zero-order valence-corrected chi connectivity index (χ0v) is 20.1. The molecule has 1 amide bonds. The molecule has 4 N–H and O–H groups in total. The van der Waals surface area contributed by atoms with E-state index >= 15 is 0 Å². The van der Waals surface area contributed by atoms with E-state index in [0.717, 1.165) is 30.8 Å². The van der Waals surface area contributed by atoms with Gasteiger partial charge in [-0.25, -0.2) is 15.0 Å². The maximum atomic E-state index is 12.2. The Morgan fingerprint density at radius 3 is 2.83 bits per heavy atom. The summed E-state index contributed by atoms with van der Waals surface area (Å²) in [5, 5.41) is 27.0. The number of amides is 1. The van der Waals surface area contributed by atoms with E-state index in [1.54, 1.807) is 14.0 Å². The number of benzene rings is 1. The molecule has 1 aliphatic carbocycles. The van der Waals surface area contributed by atoms with E-state index < -0.39 is 30.4 Å². The average Bonchev–Trinajstić information content (AvgIpc) is 3.58. The van der Waals surface area contributed by atoms with Crippen LogP contribution in [0.1, 0.15) is 32.4 Å². The van der Waals surface area contributed by atoms with Crippen molar-refractivity contribution in [1.29, 1.82) is 0 Å². The standard InChI is InChI=1S/C24H30N6O6/c1-3-25-23(33)20-18(31)19(32)24(36-20)30-12-28-17-21(26-11-27-22(17)30)29-15-8-5-9-16(15)35-14-7-4-6-13(10-14)34-2/h4,6-7,10-12,15-16,18-20,24,31-32H,3,5,8-9H2,1-2H3,(H,25,33)(H,26,27,29)/t15-,16-,18+,19-,20+,24-/m1/s1. The minimum atomic E-state index is -1.38. The second-order valence-electron chi connectivity index (χ2n) is 8.89. The van der Waals surface area contributed by atoms with Crippen LogP contribution in [0.3, 0.4) is 0 Å². The average molecular weight is 499 g/mol. The van der Waals surface area contributed by atoms with Gasteiger partial charge in [0.15, 0.2) is 29.3 Å². The Bertz CT molecular complexity index is 1220. The van der Waals surface area contributed by atoms with Crippen LogP contribution in [0.5, 0.6) is 11.5 Å². The first kappa shape index (κ1) is 24.2. The van der Waals surface area contributed by atoms with Gasteiger partial charge in [0.2, 0.25) is 0 Å². The Kier molecular flexibility index (Phi) is 6.90. The molecule has 5 rings (SSSR count). The Morgan fingerprint density at radius 1 is 1.19 bits per heavy atom. The summed E-state index contributed by atoms with van der Waals surface area (Å²) in [7, 11) is 1.62. The highest BCUT2D eigenvalue weighted by molar-refractivity contribution is 5.83. The van der Waals surface area contributed by atoms with E-state index in [1.165, 1.54) is 17.2 Å². The second kappa shape index (κ2) is 10.2. The maximum Gasteiger partial charge on any atom is 0.252 e. The van der Waals surface area contributed by atoms with E-state index in [4.69, 9.17) is 14.2 Å². The molecule has 0 unspecified atom stereocenters.